The molecule has 14 heavy (non-hydrogen) atoms. The van der Waals surface area contributed by atoms with E-state index in [0.717, 1.165) is 0 Å². The minimum atomic E-state index is -2.52. The summed E-state index contributed by atoms with van der Waals surface area (Å²) in [5.74, 6) is 0. The Labute approximate surface area is 90.7 Å². The number of pyridine rings is 1. The zero-order valence-corrected chi connectivity index (χ0v) is 9.90. The van der Waals surface area contributed by atoms with Crippen molar-refractivity contribution in [3.05, 3.63) is 28.0 Å². The number of halogens is 3. The number of nitrogens with zero attached hydrogens (tertiary/aromatic N) is 1. The van der Waals surface area contributed by atoms with Crippen LogP contribution < -0.4 is 0 Å². The van der Waals surface area contributed by atoms with Gasteiger partial charge in [-0.3, -0.25) is 4.98 Å². The number of hydrogen-bond acceptors (Lipinski definition) is 1. The van der Waals surface area contributed by atoms with Gasteiger partial charge in [0.25, 0.3) is 6.43 Å². The lowest BCUT2D eigenvalue weighted by Crippen LogP contribution is -2.14. The van der Waals surface area contributed by atoms with E-state index in [1.54, 1.807) is 6.07 Å². The van der Waals surface area contributed by atoms with Gasteiger partial charge in [-0.25, -0.2) is 8.78 Å². The molecule has 0 aliphatic carbocycles. The van der Waals surface area contributed by atoms with E-state index in [-0.39, 0.29) is 11.1 Å². The van der Waals surface area contributed by atoms with E-state index < -0.39 is 6.43 Å². The van der Waals surface area contributed by atoms with Crippen molar-refractivity contribution in [2.75, 3.05) is 0 Å². The summed E-state index contributed by atoms with van der Waals surface area (Å²) in [7, 11) is 0. The molecule has 0 saturated carbocycles. The first-order valence-electron chi connectivity index (χ1n) is 4.27. The molecule has 1 aromatic heterocycles. The number of hydrogen-bond donors (Lipinski definition) is 0. The molecule has 0 fully saturated rings. The van der Waals surface area contributed by atoms with E-state index in [2.05, 4.69) is 20.9 Å². The van der Waals surface area contributed by atoms with E-state index in [4.69, 9.17) is 0 Å². The zero-order valence-electron chi connectivity index (χ0n) is 8.31. The van der Waals surface area contributed by atoms with Gasteiger partial charge in [-0.05, 0) is 12.1 Å². The van der Waals surface area contributed by atoms with Gasteiger partial charge in [0.15, 0.2) is 0 Å². The van der Waals surface area contributed by atoms with Crippen LogP contribution >= 0.6 is 15.9 Å². The van der Waals surface area contributed by atoms with Gasteiger partial charge in [0.2, 0.25) is 0 Å². The SMILES string of the molecule is CC(C)(C)c1cc(Br)cc(C(F)F)n1. The van der Waals surface area contributed by atoms with Crippen LogP contribution in [0.25, 0.3) is 0 Å². The Balaban J connectivity index is 3.21. The third kappa shape index (κ3) is 2.74. The molecule has 0 unspecified atom stereocenters. The maximum atomic E-state index is 12.4. The summed E-state index contributed by atoms with van der Waals surface area (Å²) in [6, 6.07) is 3.12. The van der Waals surface area contributed by atoms with E-state index >= 15 is 0 Å². The molecule has 1 nitrogen and oxygen atoms in total. The van der Waals surface area contributed by atoms with E-state index in [1.807, 2.05) is 20.8 Å². The molecule has 4 heteroatoms. The maximum Gasteiger partial charge on any atom is 0.280 e. The number of rotatable bonds is 1. The second kappa shape index (κ2) is 3.93. The monoisotopic (exact) mass is 263 g/mol. The average Bonchev–Trinajstić information content (AvgIpc) is 2.01. The lowest BCUT2D eigenvalue weighted by Gasteiger charge is -2.18. The summed E-state index contributed by atoms with van der Waals surface area (Å²) < 4.78 is 25.5. The van der Waals surface area contributed by atoms with E-state index in [0.29, 0.717) is 10.2 Å². The van der Waals surface area contributed by atoms with Gasteiger partial charge in [-0.1, -0.05) is 36.7 Å². The van der Waals surface area contributed by atoms with Crippen LogP contribution in [0.5, 0.6) is 0 Å². The van der Waals surface area contributed by atoms with Gasteiger partial charge in [0.05, 0.1) is 0 Å². The second-order valence-corrected chi connectivity index (χ2v) is 5.06. The molecule has 1 heterocycles. The normalized spacial score (nSPS) is 12.2. The lowest BCUT2D eigenvalue weighted by molar-refractivity contribution is 0.145. The Morgan fingerprint density at radius 3 is 2.29 bits per heavy atom. The summed E-state index contributed by atoms with van der Waals surface area (Å²) in [6.07, 6.45) is -2.52. The standard InChI is InChI=1S/C10H12BrF2N/c1-10(2,3)8-5-6(11)4-7(14-8)9(12)13/h4-5,9H,1-3H3. The first-order chi connectivity index (χ1) is 6.30. The number of aromatic nitrogens is 1. The highest BCUT2D eigenvalue weighted by Crippen LogP contribution is 2.27. The molecule has 0 saturated heterocycles. The van der Waals surface area contributed by atoms with Crippen LogP contribution in [-0.2, 0) is 5.41 Å². The van der Waals surface area contributed by atoms with Gasteiger partial charge >= 0.3 is 0 Å². The van der Waals surface area contributed by atoms with Crippen molar-refractivity contribution in [1.29, 1.82) is 0 Å². The molecule has 1 rings (SSSR count). The Morgan fingerprint density at radius 1 is 1.29 bits per heavy atom. The minimum Gasteiger partial charge on any atom is -0.251 e. The van der Waals surface area contributed by atoms with Crippen LogP contribution in [0.4, 0.5) is 8.78 Å². The van der Waals surface area contributed by atoms with Gasteiger partial charge in [0, 0.05) is 15.6 Å². The minimum absolute atomic E-state index is 0.177. The molecule has 0 aliphatic rings. The Kier molecular flexibility index (Phi) is 3.24. The van der Waals surface area contributed by atoms with Crippen molar-refractivity contribution in [2.45, 2.75) is 32.6 Å². The molecule has 0 N–H and O–H groups in total. The highest BCUT2D eigenvalue weighted by molar-refractivity contribution is 9.10. The van der Waals surface area contributed by atoms with Crippen molar-refractivity contribution < 1.29 is 8.78 Å². The average molecular weight is 264 g/mol. The maximum absolute atomic E-state index is 12.4. The fourth-order valence-corrected chi connectivity index (χ4v) is 1.46. The molecular formula is C10H12BrF2N. The largest absolute Gasteiger partial charge is 0.280 e. The van der Waals surface area contributed by atoms with Gasteiger partial charge in [-0.2, -0.15) is 0 Å². The molecule has 0 spiro atoms. The zero-order chi connectivity index (χ0) is 10.9. The molecule has 0 aliphatic heterocycles. The molecule has 0 amide bonds. The third-order valence-corrected chi connectivity index (χ3v) is 2.26. The molecule has 0 radical (unpaired) electrons. The first-order valence-corrected chi connectivity index (χ1v) is 5.06. The highest BCUT2D eigenvalue weighted by atomic mass is 79.9. The number of alkyl halides is 2. The predicted octanol–water partition coefficient (Wildman–Crippen LogP) is 4.08. The summed E-state index contributed by atoms with van der Waals surface area (Å²) in [5, 5.41) is 0. The topological polar surface area (TPSA) is 12.9 Å². The Hall–Kier alpha value is -0.510. The molecule has 78 valence electrons. The Morgan fingerprint density at radius 2 is 1.86 bits per heavy atom. The molecule has 0 bridgehead atoms. The summed E-state index contributed by atoms with van der Waals surface area (Å²) in [5.41, 5.74) is 0.277. The van der Waals surface area contributed by atoms with E-state index in [9.17, 15) is 8.78 Å². The molecule has 0 atom stereocenters. The highest BCUT2D eigenvalue weighted by Gasteiger charge is 2.19. The van der Waals surface area contributed by atoms with Crippen LogP contribution in [-0.4, -0.2) is 4.98 Å². The Bertz CT molecular complexity index is 331. The second-order valence-electron chi connectivity index (χ2n) is 4.15. The van der Waals surface area contributed by atoms with Crippen molar-refractivity contribution in [1.82, 2.24) is 4.98 Å². The molecular weight excluding hydrogens is 252 g/mol. The predicted molar refractivity (Wildman–Crippen MR) is 55.6 cm³/mol. The lowest BCUT2D eigenvalue weighted by atomic mass is 9.91. The van der Waals surface area contributed by atoms with Crippen molar-refractivity contribution in [3.63, 3.8) is 0 Å². The van der Waals surface area contributed by atoms with E-state index in [1.165, 1.54) is 6.07 Å². The van der Waals surface area contributed by atoms with Crippen LogP contribution in [0.15, 0.2) is 16.6 Å². The third-order valence-electron chi connectivity index (χ3n) is 1.80. The van der Waals surface area contributed by atoms with Crippen molar-refractivity contribution in [3.8, 4) is 0 Å². The van der Waals surface area contributed by atoms with Crippen molar-refractivity contribution in [2.24, 2.45) is 0 Å². The van der Waals surface area contributed by atoms with Gasteiger partial charge in [0.1, 0.15) is 5.69 Å². The fourth-order valence-electron chi connectivity index (χ4n) is 1.01. The summed E-state index contributed by atoms with van der Waals surface area (Å²) in [4.78, 5) is 3.92. The quantitative estimate of drug-likeness (QED) is 0.744. The summed E-state index contributed by atoms with van der Waals surface area (Å²) >= 11 is 3.20. The molecule has 1 aromatic rings. The first kappa shape index (κ1) is 11.6. The molecule has 0 aromatic carbocycles. The summed E-state index contributed by atoms with van der Waals surface area (Å²) in [6.45, 7) is 5.82. The van der Waals surface area contributed by atoms with Crippen LogP contribution in [0.3, 0.4) is 0 Å². The van der Waals surface area contributed by atoms with Crippen LogP contribution in [0.2, 0.25) is 0 Å². The van der Waals surface area contributed by atoms with Crippen LogP contribution in [0.1, 0.15) is 38.6 Å². The van der Waals surface area contributed by atoms with Gasteiger partial charge in [-0.15, -0.1) is 0 Å². The van der Waals surface area contributed by atoms with Crippen molar-refractivity contribution >= 4 is 15.9 Å². The fraction of sp³-hybridized carbons (Fsp3) is 0.500. The smallest absolute Gasteiger partial charge is 0.251 e. The van der Waals surface area contributed by atoms with Gasteiger partial charge < -0.3 is 0 Å². The van der Waals surface area contributed by atoms with Crippen LogP contribution in [0, 0.1) is 0 Å².